The highest BCUT2D eigenvalue weighted by atomic mass is 32.2. The second-order valence-corrected chi connectivity index (χ2v) is 7.04. The Bertz CT molecular complexity index is 446. The van der Waals surface area contributed by atoms with Gasteiger partial charge < -0.3 is 10.1 Å². The van der Waals surface area contributed by atoms with Crippen LogP contribution in [0.3, 0.4) is 0 Å². The van der Waals surface area contributed by atoms with Gasteiger partial charge in [-0.25, -0.2) is 4.79 Å². The van der Waals surface area contributed by atoms with E-state index in [0.717, 1.165) is 22.1 Å². The van der Waals surface area contributed by atoms with Gasteiger partial charge in [0.05, 0.1) is 5.56 Å². The Morgan fingerprint density at radius 3 is 2.65 bits per heavy atom. The fourth-order valence-corrected chi connectivity index (χ4v) is 4.26. The normalized spacial score (nSPS) is 14.6. The van der Waals surface area contributed by atoms with Crippen molar-refractivity contribution in [2.24, 2.45) is 0 Å². The van der Waals surface area contributed by atoms with E-state index < -0.39 is 5.60 Å². The highest BCUT2D eigenvalue weighted by Crippen LogP contribution is 2.43. The van der Waals surface area contributed by atoms with Gasteiger partial charge in [-0.1, -0.05) is 0 Å². The van der Waals surface area contributed by atoms with Crippen LogP contribution in [0.2, 0.25) is 0 Å². The molecule has 2 rings (SSSR count). The van der Waals surface area contributed by atoms with E-state index >= 15 is 0 Å². The lowest BCUT2D eigenvalue weighted by molar-refractivity contribution is 0.00704. The average Bonchev–Trinajstić information content (AvgIpc) is 2.71. The van der Waals surface area contributed by atoms with Crippen LogP contribution in [0, 0.1) is 0 Å². The third-order valence-electron chi connectivity index (χ3n) is 2.40. The van der Waals surface area contributed by atoms with Crippen LogP contribution < -0.4 is 5.32 Å². The maximum absolute atomic E-state index is 12.2. The van der Waals surface area contributed by atoms with Crippen LogP contribution in [0.15, 0.2) is 0 Å². The number of hydrogen-bond acceptors (Lipinski definition) is 5. The molecule has 0 saturated heterocycles. The Hall–Kier alpha value is -0.680. The molecule has 0 saturated carbocycles. The molecule has 0 amide bonds. The molecule has 3 nitrogen and oxygen atoms in total. The number of thioether (sulfide) groups is 1. The molecule has 1 aliphatic rings. The molecule has 0 unspecified atom stereocenters. The number of anilines is 1. The molecule has 2 heterocycles. The summed E-state index contributed by atoms with van der Waals surface area (Å²) in [6.07, 6.45) is 0. The van der Waals surface area contributed by atoms with E-state index in [2.05, 4.69) is 5.32 Å². The van der Waals surface area contributed by atoms with Gasteiger partial charge in [-0.05, 0) is 26.3 Å². The smallest absolute Gasteiger partial charge is 0.341 e. The largest absolute Gasteiger partial charge is 0.456 e. The third-order valence-corrected chi connectivity index (χ3v) is 4.82. The van der Waals surface area contributed by atoms with Crippen molar-refractivity contribution in [3.63, 3.8) is 0 Å². The van der Waals surface area contributed by atoms with Crippen molar-refractivity contribution in [2.75, 3.05) is 12.4 Å². The van der Waals surface area contributed by atoms with Crippen LogP contribution >= 0.6 is 23.1 Å². The first-order valence-electron chi connectivity index (χ1n) is 5.56. The number of rotatable bonds is 2. The molecule has 1 aliphatic heterocycles. The molecule has 0 aliphatic carbocycles. The van der Waals surface area contributed by atoms with E-state index in [1.165, 1.54) is 10.4 Å². The lowest BCUT2D eigenvalue weighted by atomic mass is 10.1. The summed E-state index contributed by atoms with van der Waals surface area (Å²) in [6.45, 7) is 5.68. The molecule has 0 radical (unpaired) electrons. The number of carbonyl (C=O) groups is 1. The van der Waals surface area contributed by atoms with Gasteiger partial charge in [0.1, 0.15) is 10.6 Å². The topological polar surface area (TPSA) is 38.3 Å². The van der Waals surface area contributed by atoms with Gasteiger partial charge in [0, 0.05) is 23.4 Å². The first-order valence-corrected chi connectivity index (χ1v) is 7.53. The Morgan fingerprint density at radius 2 is 2.06 bits per heavy atom. The summed E-state index contributed by atoms with van der Waals surface area (Å²) in [7, 11) is 1.85. The lowest BCUT2D eigenvalue weighted by Gasteiger charge is -2.20. The number of nitrogens with one attached hydrogen (secondary N) is 1. The Balaban J connectivity index is 2.34. The molecule has 0 aromatic carbocycles. The van der Waals surface area contributed by atoms with Crippen LogP contribution in [0.5, 0.6) is 0 Å². The fraction of sp³-hybridized carbons (Fsp3) is 0.583. The predicted molar refractivity (Wildman–Crippen MR) is 74.0 cm³/mol. The molecule has 0 spiro atoms. The van der Waals surface area contributed by atoms with E-state index in [4.69, 9.17) is 4.74 Å². The Labute approximate surface area is 110 Å². The number of ether oxygens (including phenoxy) is 1. The maximum atomic E-state index is 12.2. The average molecular weight is 271 g/mol. The first kappa shape index (κ1) is 12.8. The molecule has 1 aromatic rings. The fourth-order valence-electron chi connectivity index (χ4n) is 1.75. The molecular formula is C12H17NO2S2. The number of carbonyl (C=O) groups excluding carboxylic acids is 1. The zero-order valence-electron chi connectivity index (χ0n) is 10.5. The highest BCUT2D eigenvalue weighted by molar-refractivity contribution is 7.98. The van der Waals surface area contributed by atoms with Crippen molar-refractivity contribution in [3.8, 4) is 0 Å². The van der Waals surface area contributed by atoms with E-state index in [9.17, 15) is 4.79 Å². The van der Waals surface area contributed by atoms with E-state index in [-0.39, 0.29) is 5.97 Å². The minimum atomic E-state index is -0.442. The molecule has 94 valence electrons. The SMILES string of the molecule is CNc1sc2c(c1C(=O)OC(C)(C)C)CSC2. The molecule has 0 bridgehead atoms. The minimum absolute atomic E-state index is 0.207. The van der Waals surface area contributed by atoms with Crippen LogP contribution in [0.1, 0.15) is 41.6 Å². The molecular weight excluding hydrogens is 254 g/mol. The molecule has 17 heavy (non-hydrogen) atoms. The van der Waals surface area contributed by atoms with Gasteiger partial charge in [0.15, 0.2) is 0 Å². The zero-order valence-corrected chi connectivity index (χ0v) is 12.2. The third kappa shape index (κ3) is 2.60. The van der Waals surface area contributed by atoms with Crippen LogP contribution in [-0.4, -0.2) is 18.6 Å². The summed E-state index contributed by atoms with van der Waals surface area (Å²) in [6, 6.07) is 0. The van der Waals surface area contributed by atoms with Crippen molar-refractivity contribution in [3.05, 3.63) is 16.0 Å². The van der Waals surface area contributed by atoms with Crippen molar-refractivity contribution in [1.29, 1.82) is 0 Å². The summed E-state index contributed by atoms with van der Waals surface area (Å²) < 4.78 is 5.47. The summed E-state index contributed by atoms with van der Waals surface area (Å²) >= 11 is 3.52. The second kappa shape index (κ2) is 4.53. The van der Waals surface area contributed by atoms with Crippen LogP contribution in [-0.2, 0) is 16.2 Å². The Morgan fingerprint density at radius 1 is 1.35 bits per heavy atom. The van der Waals surface area contributed by atoms with Crippen molar-refractivity contribution < 1.29 is 9.53 Å². The molecule has 5 heteroatoms. The van der Waals surface area contributed by atoms with E-state index in [0.29, 0.717) is 0 Å². The molecule has 0 fully saturated rings. The van der Waals surface area contributed by atoms with E-state index in [1.54, 1.807) is 11.3 Å². The van der Waals surface area contributed by atoms with Gasteiger partial charge in [-0.15, -0.1) is 11.3 Å². The second-order valence-electron chi connectivity index (χ2n) is 4.95. The van der Waals surface area contributed by atoms with Gasteiger partial charge in [-0.3, -0.25) is 0 Å². The standard InChI is InChI=1S/C12H17NO2S2/c1-12(2,3)15-11(14)9-7-5-16-6-8(7)17-10(9)13-4/h13H,5-6H2,1-4H3. The molecule has 1 N–H and O–H groups in total. The van der Waals surface area contributed by atoms with Gasteiger partial charge >= 0.3 is 5.97 Å². The molecule has 1 aromatic heterocycles. The van der Waals surface area contributed by atoms with Crippen molar-refractivity contribution in [1.82, 2.24) is 0 Å². The Kier molecular flexibility index (Phi) is 3.41. The summed E-state index contributed by atoms with van der Waals surface area (Å²) in [5.74, 6) is 1.72. The molecule has 0 atom stereocenters. The van der Waals surface area contributed by atoms with Gasteiger partial charge in [0.25, 0.3) is 0 Å². The maximum Gasteiger partial charge on any atom is 0.341 e. The lowest BCUT2D eigenvalue weighted by Crippen LogP contribution is -2.24. The number of thiophene rings is 1. The summed E-state index contributed by atoms with van der Waals surface area (Å²) in [5.41, 5.74) is 1.47. The van der Waals surface area contributed by atoms with Gasteiger partial charge in [-0.2, -0.15) is 11.8 Å². The minimum Gasteiger partial charge on any atom is -0.456 e. The highest BCUT2D eigenvalue weighted by Gasteiger charge is 2.29. The number of esters is 1. The first-order chi connectivity index (χ1) is 7.92. The van der Waals surface area contributed by atoms with Crippen molar-refractivity contribution >= 4 is 34.1 Å². The predicted octanol–water partition coefficient (Wildman–Crippen LogP) is 3.49. The number of hydrogen-bond donors (Lipinski definition) is 1. The monoisotopic (exact) mass is 271 g/mol. The van der Waals surface area contributed by atoms with Crippen LogP contribution in [0.25, 0.3) is 0 Å². The summed E-state index contributed by atoms with van der Waals surface area (Å²) in [4.78, 5) is 13.5. The van der Waals surface area contributed by atoms with Crippen LogP contribution in [0.4, 0.5) is 5.00 Å². The quantitative estimate of drug-likeness (QED) is 0.836. The van der Waals surface area contributed by atoms with E-state index in [1.807, 2.05) is 39.6 Å². The van der Waals surface area contributed by atoms with Crippen molar-refractivity contribution in [2.45, 2.75) is 37.9 Å². The zero-order chi connectivity index (χ0) is 12.6. The van der Waals surface area contributed by atoms with Gasteiger partial charge in [0.2, 0.25) is 0 Å². The number of fused-ring (bicyclic) bond motifs is 1. The summed E-state index contributed by atoms with van der Waals surface area (Å²) in [5, 5.41) is 4.03.